The summed E-state index contributed by atoms with van der Waals surface area (Å²) in [5.74, 6) is 0.901. The maximum Gasteiger partial charge on any atom is 0.147 e. The predicted octanol–water partition coefficient (Wildman–Crippen LogP) is 3.68. The number of aryl methyl sites for hydroxylation is 2. The largest absolute Gasteiger partial charge is 0.367 e. The zero-order valence-electron chi connectivity index (χ0n) is 11.5. The van der Waals surface area contributed by atoms with Crippen molar-refractivity contribution >= 4 is 37.6 Å². The Morgan fingerprint density at radius 1 is 1.21 bits per heavy atom. The van der Waals surface area contributed by atoms with Crippen LogP contribution in [0.1, 0.15) is 25.1 Å². The SMILES string of the molecule is Cc1cc2c(nc1C)sc1c(NC(C)C)ncnc12. The maximum atomic E-state index is 4.66. The van der Waals surface area contributed by atoms with E-state index in [-0.39, 0.29) is 0 Å². The van der Waals surface area contributed by atoms with Crippen molar-refractivity contribution in [1.29, 1.82) is 0 Å². The Morgan fingerprint density at radius 3 is 2.74 bits per heavy atom. The molecule has 0 saturated heterocycles. The summed E-state index contributed by atoms with van der Waals surface area (Å²) in [6, 6.07) is 2.52. The second kappa shape index (κ2) is 4.42. The van der Waals surface area contributed by atoms with Crippen LogP contribution in [0, 0.1) is 13.8 Å². The van der Waals surface area contributed by atoms with Gasteiger partial charge >= 0.3 is 0 Å². The van der Waals surface area contributed by atoms with Crippen molar-refractivity contribution in [2.75, 3.05) is 5.32 Å². The number of hydrogen-bond donors (Lipinski definition) is 1. The van der Waals surface area contributed by atoms with Gasteiger partial charge in [-0.2, -0.15) is 0 Å². The Kier molecular flexibility index (Phi) is 2.86. The molecule has 0 aliphatic heterocycles. The number of pyridine rings is 1. The zero-order valence-corrected chi connectivity index (χ0v) is 12.3. The van der Waals surface area contributed by atoms with E-state index >= 15 is 0 Å². The summed E-state index contributed by atoms with van der Waals surface area (Å²) in [6.45, 7) is 8.33. The minimum atomic E-state index is 0.347. The number of anilines is 1. The summed E-state index contributed by atoms with van der Waals surface area (Å²) >= 11 is 1.65. The van der Waals surface area contributed by atoms with Crippen molar-refractivity contribution in [2.24, 2.45) is 0 Å². The molecule has 0 saturated carbocycles. The third-order valence-electron chi connectivity index (χ3n) is 3.11. The highest BCUT2D eigenvalue weighted by Crippen LogP contribution is 2.35. The Balaban J connectivity index is 2.33. The number of nitrogens with one attached hydrogen (secondary N) is 1. The molecule has 1 N–H and O–H groups in total. The summed E-state index contributed by atoms with van der Waals surface area (Å²) in [5, 5.41) is 4.49. The molecule has 3 rings (SSSR count). The van der Waals surface area contributed by atoms with Gasteiger partial charge in [-0.3, -0.25) is 0 Å². The molecular weight excluding hydrogens is 256 g/mol. The van der Waals surface area contributed by atoms with Gasteiger partial charge in [0.1, 0.15) is 17.0 Å². The summed E-state index contributed by atoms with van der Waals surface area (Å²) in [6.07, 6.45) is 1.62. The van der Waals surface area contributed by atoms with Crippen LogP contribution in [0.2, 0.25) is 0 Å². The average Bonchev–Trinajstić information content (AvgIpc) is 2.68. The highest BCUT2D eigenvalue weighted by Gasteiger charge is 2.13. The molecule has 0 aliphatic carbocycles. The molecule has 3 aromatic heterocycles. The average molecular weight is 272 g/mol. The van der Waals surface area contributed by atoms with E-state index in [1.54, 1.807) is 17.7 Å². The van der Waals surface area contributed by atoms with Crippen LogP contribution in [-0.4, -0.2) is 21.0 Å². The van der Waals surface area contributed by atoms with E-state index in [1.165, 1.54) is 5.56 Å². The Bertz CT molecular complexity index is 761. The number of rotatable bonds is 2. The third kappa shape index (κ3) is 2.04. The van der Waals surface area contributed by atoms with E-state index in [1.807, 2.05) is 6.92 Å². The minimum Gasteiger partial charge on any atom is -0.367 e. The van der Waals surface area contributed by atoms with Crippen LogP contribution in [0.15, 0.2) is 12.4 Å². The van der Waals surface area contributed by atoms with E-state index in [9.17, 15) is 0 Å². The van der Waals surface area contributed by atoms with Gasteiger partial charge in [0.15, 0.2) is 0 Å². The fourth-order valence-electron chi connectivity index (χ4n) is 2.07. The minimum absolute atomic E-state index is 0.347. The van der Waals surface area contributed by atoms with E-state index < -0.39 is 0 Å². The lowest BCUT2D eigenvalue weighted by molar-refractivity contribution is 0.891. The molecule has 98 valence electrons. The summed E-state index contributed by atoms with van der Waals surface area (Å²) in [7, 11) is 0. The molecular formula is C14H16N4S. The molecule has 4 nitrogen and oxygen atoms in total. The summed E-state index contributed by atoms with van der Waals surface area (Å²) in [5.41, 5.74) is 3.27. The first kappa shape index (κ1) is 12.3. The zero-order chi connectivity index (χ0) is 13.6. The van der Waals surface area contributed by atoms with Gasteiger partial charge < -0.3 is 5.32 Å². The smallest absolute Gasteiger partial charge is 0.147 e. The lowest BCUT2D eigenvalue weighted by Crippen LogP contribution is -2.10. The molecule has 0 aliphatic rings. The van der Waals surface area contributed by atoms with Crippen LogP contribution in [0.25, 0.3) is 20.4 Å². The standard InChI is InChI=1S/C14H16N4S/c1-7(2)17-13-12-11(15-6-16-13)10-5-8(3)9(4)18-14(10)19-12/h5-7H,1-4H3,(H,15,16,17). The molecule has 5 heteroatoms. The molecule has 0 aromatic carbocycles. The Hall–Kier alpha value is -1.75. The lowest BCUT2D eigenvalue weighted by atomic mass is 10.2. The highest BCUT2D eigenvalue weighted by atomic mass is 32.1. The van der Waals surface area contributed by atoms with E-state index in [0.717, 1.165) is 31.9 Å². The van der Waals surface area contributed by atoms with Crippen molar-refractivity contribution in [3.8, 4) is 0 Å². The van der Waals surface area contributed by atoms with Crippen molar-refractivity contribution in [1.82, 2.24) is 15.0 Å². The topological polar surface area (TPSA) is 50.7 Å². The second-order valence-corrected chi connectivity index (χ2v) is 6.04. The van der Waals surface area contributed by atoms with Gasteiger partial charge in [-0.05, 0) is 39.3 Å². The summed E-state index contributed by atoms with van der Waals surface area (Å²) < 4.78 is 1.09. The number of fused-ring (bicyclic) bond motifs is 3. The molecule has 3 aromatic rings. The predicted molar refractivity (Wildman–Crippen MR) is 80.9 cm³/mol. The maximum absolute atomic E-state index is 4.66. The van der Waals surface area contributed by atoms with E-state index in [4.69, 9.17) is 0 Å². The number of nitrogens with zero attached hydrogens (tertiary/aromatic N) is 3. The van der Waals surface area contributed by atoms with Crippen LogP contribution in [0.4, 0.5) is 5.82 Å². The van der Waals surface area contributed by atoms with Crippen molar-refractivity contribution in [2.45, 2.75) is 33.7 Å². The fourth-order valence-corrected chi connectivity index (χ4v) is 3.18. The molecule has 0 spiro atoms. The van der Waals surface area contributed by atoms with Crippen LogP contribution in [-0.2, 0) is 0 Å². The molecule has 0 radical (unpaired) electrons. The quantitative estimate of drug-likeness (QED) is 0.773. The van der Waals surface area contributed by atoms with Gasteiger partial charge in [-0.25, -0.2) is 15.0 Å². The van der Waals surface area contributed by atoms with Crippen LogP contribution in [0.5, 0.6) is 0 Å². The van der Waals surface area contributed by atoms with Crippen LogP contribution in [0.3, 0.4) is 0 Å². The molecule has 0 unspecified atom stereocenters. The van der Waals surface area contributed by atoms with Crippen LogP contribution < -0.4 is 5.32 Å². The molecule has 0 fully saturated rings. The van der Waals surface area contributed by atoms with E-state index in [0.29, 0.717) is 6.04 Å². The van der Waals surface area contributed by atoms with Gasteiger partial charge in [-0.15, -0.1) is 11.3 Å². The third-order valence-corrected chi connectivity index (χ3v) is 4.21. The number of hydrogen-bond acceptors (Lipinski definition) is 5. The van der Waals surface area contributed by atoms with Gasteiger partial charge in [0, 0.05) is 17.1 Å². The van der Waals surface area contributed by atoms with Crippen LogP contribution >= 0.6 is 11.3 Å². The van der Waals surface area contributed by atoms with E-state index in [2.05, 4.69) is 47.1 Å². The number of thiophene rings is 1. The molecule has 0 atom stereocenters. The molecule has 0 bridgehead atoms. The number of aromatic nitrogens is 3. The first-order valence-corrected chi connectivity index (χ1v) is 7.16. The van der Waals surface area contributed by atoms with Gasteiger partial charge in [0.25, 0.3) is 0 Å². The van der Waals surface area contributed by atoms with Gasteiger partial charge in [0.2, 0.25) is 0 Å². The van der Waals surface area contributed by atoms with Crippen molar-refractivity contribution < 1.29 is 0 Å². The normalized spacial score (nSPS) is 11.6. The Morgan fingerprint density at radius 2 is 2.00 bits per heavy atom. The molecule has 0 amide bonds. The van der Waals surface area contributed by atoms with Gasteiger partial charge in [0.05, 0.1) is 10.2 Å². The molecule has 19 heavy (non-hydrogen) atoms. The highest BCUT2D eigenvalue weighted by molar-refractivity contribution is 7.25. The van der Waals surface area contributed by atoms with Gasteiger partial charge in [-0.1, -0.05) is 0 Å². The summed E-state index contributed by atoms with van der Waals surface area (Å²) in [4.78, 5) is 14.5. The first-order chi connectivity index (χ1) is 9.06. The second-order valence-electron chi connectivity index (χ2n) is 5.04. The monoisotopic (exact) mass is 272 g/mol. The van der Waals surface area contributed by atoms with Crippen molar-refractivity contribution in [3.05, 3.63) is 23.7 Å². The fraction of sp³-hybridized carbons (Fsp3) is 0.357. The lowest BCUT2D eigenvalue weighted by Gasteiger charge is -2.08. The molecule has 3 heterocycles. The Labute approximate surface area is 115 Å². The first-order valence-electron chi connectivity index (χ1n) is 6.34. The van der Waals surface area contributed by atoms with Crippen molar-refractivity contribution in [3.63, 3.8) is 0 Å².